The molecule has 6 nitrogen and oxygen atoms in total. The Balaban J connectivity index is 1.76. The Bertz CT molecular complexity index is 1070. The molecule has 1 fully saturated rings. The lowest BCUT2D eigenvalue weighted by molar-refractivity contribution is -0.117. The number of nitrogens with zero attached hydrogens (tertiary/aromatic N) is 1. The van der Waals surface area contributed by atoms with Gasteiger partial charge in [-0.25, -0.2) is 8.42 Å². The molecule has 9 heteroatoms. The number of hydrogen-bond acceptors (Lipinski definition) is 5. The van der Waals surface area contributed by atoms with Crippen LogP contribution in [0.25, 0.3) is 17.4 Å². The van der Waals surface area contributed by atoms with Gasteiger partial charge in [-0.3, -0.25) is 4.79 Å². The van der Waals surface area contributed by atoms with Gasteiger partial charge in [-0.05, 0) is 36.8 Å². The van der Waals surface area contributed by atoms with E-state index in [4.69, 9.17) is 27.6 Å². The van der Waals surface area contributed by atoms with Crippen molar-refractivity contribution >= 4 is 45.0 Å². The van der Waals surface area contributed by atoms with E-state index in [1.807, 2.05) is 6.07 Å². The lowest BCUT2D eigenvalue weighted by Gasteiger charge is -2.09. The van der Waals surface area contributed by atoms with Gasteiger partial charge >= 0.3 is 0 Å². The first-order chi connectivity index (χ1) is 12.8. The maximum atomic E-state index is 12.2. The lowest BCUT2D eigenvalue weighted by Crippen LogP contribution is -2.36. The number of benzene rings is 1. The Hall–Kier alpha value is -2.27. The predicted molar refractivity (Wildman–Crippen MR) is 103 cm³/mol. The van der Waals surface area contributed by atoms with E-state index < -0.39 is 21.8 Å². The summed E-state index contributed by atoms with van der Waals surface area (Å²) in [6, 6.07) is 9.65. The van der Waals surface area contributed by atoms with Crippen molar-refractivity contribution in [2.75, 3.05) is 11.5 Å². The molecular weight excluding hydrogens is 411 g/mol. The molecule has 0 spiro atoms. The maximum absolute atomic E-state index is 12.2. The summed E-state index contributed by atoms with van der Waals surface area (Å²) >= 11 is 11.9. The summed E-state index contributed by atoms with van der Waals surface area (Å²) < 4.78 is 28.6. The van der Waals surface area contributed by atoms with Gasteiger partial charge in [-0.2, -0.15) is 5.26 Å². The summed E-state index contributed by atoms with van der Waals surface area (Å²) in [5, 5.41) is 12.6. The Morgan fingerprint density at radius 2 is 2.04 bits per heavy atom. The van der Waals surface area contributed by atoms with Gasteiger partial charge in [0.15, 0.2) is 9.84 Å². The van der Waals surface area contributed by atoms with E-state index >= 15 is 0 Å². The first kappa shape index (κ1) is 19.5. The number of hydrogen-bond donors (Lipinski definition) is 1. The molecule has 1 N–H and O–H groups in total. The van der Waals surface area contributed by atoms with Crippen LogP contribution in [-0.2, 0) is 14.6 Å². The second-order valence-electron chi connectivity index (χ2n) is 6.07. The third kappa shape index (κ3) is 4.72. The molecule has 27 heavy (non-hydrogen) atoms. The van der Waals surface area contributed by atoms with Crippen molar-refractivity contribution in [3.63, 3.8) is 0 Å². The van der Waals surface area contributed by atoms with Gasteiger partial charge < -0.3 is 9.73 Å². The van der Waals surface area contributed by atoms with Crippen molar-refractivity contribution in [2.24, 2.45) is 0 Å². The molecule has 3 rings (SSSR count). The van der Waals surface area contributed by atoms with Crippen LogP contribution < -0.4 is 5.32 Å². The lowest BCUT2D eigenvalue weighted by atomic mass is 10.2. The van der Waals surface area contributed by atoms with E-state index in [-0.39, 0.29) is 17.1 Å². The number of carbonyl (C=O) groups is 1. The molecule has 140 valence electrons. The number of amides is 1. The molecule has 1 aliphatic heterocycles. The standard InChI is InChI=1S/C18H14Cl2N2O4S/c19-15-3-1-11(8-16(15)20)17-4-2-14(26-17)7-12(9-21)18(23)22-13-5-6-27(24,25)10-13/h1-4,7-8,13H,5-6,10H2,(H,22,23)/b12-7+/t13-/m1/s1. The molecule has 0 saturated carbocycles. The van der Waals surface area contributed by atoms with Crippen molar-refractivity contribution in [1.29, 1.82) is 5.26 Å². The molecule has 1 aromatic heterocycles. The minimum Gasteiger partial charge on any atom is -0.457 e. The van der Waals surface area contributed by atoms with E-state index in [1.165, 1.54) is 6.08 Å². The topological polar surface area (TPSA) is 100 Å². The summed E-state index contributed by atoms with van der Waals surface area (Å²) in [4.78, 5) is 12.2. The molecule has 2 aromatic rings. The normalized spacial score (nSPS) is 18.9. The van der Waals surface area contributed by atoms with Crippen LogP contribution in [0, 0.1) is 11.3 Å². The highest BCUT2D eigenvalue weighted by Gasteiger charge is 2.29. The van der Waals surface area contributed by atoms with Crippen LogP contribution in [-0.4, -0.2) is 31.9 Å². The molecule has 2 heterocycles. The predicted octanol–water partition coefficient (Wildman–Crippen LogP) is 3.46. The van der Waals surface area contributed by atoms with Gasteiger partial charge in [-0.15, -0.1) is 0 Å². The average molecular weight is 425 g/mol. The minimum atomic E-state index is -3.12. The average Bonchev–Trinajstić information content (AvgIpc) is 3.21. The molecular formula is C18H14Cl2N2O4S. The van der Waals surface area contributed by atoms with E-state index in [0.29, 0.717) is 33.6 Å². The number of halogens is 2. The summed E-state index contributed by atoms with van der Waals surface area (Å²) in [6.45, 7) is 0. The number of rotatable bonds is 4. The third-order valence-electron chi connectivity index (χ3n) is 4.05. The number of nitrogens with one attached hydrogen (secondary N) is 1. The SMILES string of the molecule is N#C/C(=C\c1ccc(-c2ccc(Cl)c(Cl)c2)o1)C(=O)N[C@@H]1CCS(=O)(=O)C1. The summed E-state index contributed by atoms with van der Waals surface area (Å²) in [7, 11) is -3.12. The Labute approximate surface area is 166 Å². The van der Waals surface area contributed by atoms with Gasteiger partial charge in [0.05, 0.1) is 21.6 Å². The second-order valence-corrected chi connectivity index (χ2v) is 9.12. The maximum Gasteiger partial charge on any atom is 0.262 e. The highest BCUT2D eigenvalue weighted by atomic mass is 35.5. The van der Waals surface area contributed by atoms with Crippen molar-refractivity contribution in [3.05, 3.63) is 51.7 Å². The van der Waals surface area contributed by atoms with Crippen molar-refractivity contribution in [3.8, 4) is 17.4 Å². The van der Waals surface area contributed by atoms with Gasteiger partial charge in [-0.1, -0.05) is 23.2 Å². The molecule has 1 aromatic carbocycles. The van der Waals surface area contributed by atoms with Gasteiger partial charge in [0.25, 0.3) is 5.91 Å². The van der Waals surface area contributed by atoms with Crippen molar-refractivity contribution in [1.82, 2.24) is 5.32 Å². The van der Waals surface area contributed by atoms with Crippen LogP contribution in [0.2, 0.25) is 10.0 Å². The zero-order valence-electron chi connectivity index (χ0n) is 13.9. The van der Waals surface area contributed by atoms with E-state index in [9.17, 15) is 18.5 Å². The van der Waals surface area contributed by atoms with E-state index in [1.54, 1.807) is 30.3 Å². The summed E-state index contributed by atoms with van der Waals surface area (Å²) in [5.41, 5.74) is 0.525. The van der Waals surface area contributed by atoms with Crippen molar-refractivity contribution < 1.29 is 17.6 Å². The molecule has 1 atom stereocenters. The highest BCUT2D eigenvalue weighted by Crippen LogP contribution is 2.30. The Morgan fingerprint density at radius 1 is 1.26 bits per heavy atom. The molecule has 1 aliphatic rings. The Morgan fingerprint density at radius 3 is 2.67 bits per heavy atom. The van der Waals surface area contributed by atoms with Gasteiger partial charge in [0.1, 0.15) is 23.2 Å². The quantitative estimate of drug-likeness (QED) is 0.597. The zero-order valence-corrected chi connectivity index (χ0v) is 16.2. The number of carbonyl (C=O) groups excluding carboxylic acids is 1. The zero-order chi connectivity index (χ0) is 19.6. The van der Waals surface area contributed by atoms with E-state index in [0.717, 1.165) is 0 Å². The van der Waals surface area contributed by atoms with Crippen LogP contribution >= 0.6 is 23.2 Å². The van der Waals surface area contributed by atoms with Crippen LogP contribution in [0.3, 0.4) is 0 Å². The third-order valence-corrected chi connectivity index (χ3v) is 6.56. The molecule has 0 radical (unpaired) electrons. The molecule has 0 bridgehead atoms. The minimum absolute atomic E-state index is 0.0365. The second kappa shape index (κ2) is 7.77. The first-order valence-electron chi connectivity index (χ1n) is 7.96. The molecule has 1 saturated heterocycles. The fraction of sp³-hybridized carbons (Fsp3) is 0.222. The fourth-order valence-electron chi connectivity index (χ4n) is 2.70. The Kier molecular flexibility index (Phi) is 5.61. The molecule has 0 unspecified atom stereocenters. The van der Waals surface area contributed by atoms with Crippen LogP contribution in [0.5, 0.6) is 0 Å². The van der Waals surface area contributed by atoms with E-state index in [2.05, 4.69) is 5.32 Å². The summed E-state index contributed by atoms with van der Waals surface area (Å²) in [5.74, 6) is 0.0994. The smallest absolute Gasteiger partial charge is 0.262 e. The number of furan rings is 1. The van der Waals surface area contributed by atoms with Crippen LogP contribution in [0.4, 0.5) is 0 Å². The molecule has 1 amide bonds. The fourth-order valence-corrected chi connectivity index (χ4v) is 4.67. The number of nitriles is 1. The van der Waals surface area contributed by atoms with Crippen LogP contribution in [0.15, 0.2) is 40.3 Å². The largest absolute Gasteiger partial charge is 0.457 e. The monoisotopic (exact) mass is 424 g/mol. The van der Waals surface area contributed by atoms with Gasteiger partial charge in [0.2, 0.25) is 0 Å². The summed E-state index contributed by atoms with van der Waals surface area (Å²) in [6.07, 6.45) is 1.65. The first-order valence-corrected chi connectivity index (χ1v) is 10.5. The van der Waals surface area contributed by atoms with Crippen molar-refractivity contribution in [2.45, 2.75) is 12.5 Å². The van der Waals surface area contributed by atoms with Crippen LogP contribution in [0.1, 0.15) is 12.2 Å². The number of sulfone groups is 1. The highest BCUT2D eigenvalue weighted by molar-refractivity contribution is 7.91. The molecule has 0 aliphatic carbocycles. The van der Waals surface area contributed by atoms with Gasteiger partial charge in [0, 0.05) is 17.7 Å².